The molecule has 1 fully saturated rings. The Labute approximate surface area is 156 Å². The average Bonchev–Trinajstić information content (AvgIpc) is 3.29. The zero-order valence-electron chi connectivity index (χ0n) is 14.6. The van der Waals surface area contributed by atoms with Crippen LogP contribution in [0.5, 0.6) is 0 Å². The van der Waals surface area contributed by atoms with Crippen LogP contribution < -0.4 is 4.90 Å². The zero-order valence-corrected chi connectivity index (χ0v) is 15.4. The largest absolute Gasteiger partial charge is 0.345 e. The molecule has 0 radical (unpaired) electrons. The quantitative estimate of drug-likeness (QED) is 0.834. The number of nitrogens with zero attached hydrogens (tertiary/aromatic N) is 4. The van der Waals surface area contributed by atoms with Crippen LogP contribution in [0.3, 0.4) is 0 Å². The van der Waals surface area contributed by atoms with Gasteiger partial charge in [0.15, 0.2) is 5.13 Å². The predicted octanol–water partition coefficient (Wildman–Crippen LogP) is 2.31. The van der Waals surface area contributed by atoms with Crippen molar-refractivity contribution in [3.63, 3.8) is 0 Å². The monoisotopic (exact) mass is 368 g/mol. The van der Waals surface area contributed by atoms with E-state index in [0.717, 1.165) is 23.8 Å². The number of hydrogen-bond donors (Lipinski definition) is 0. The van der Waals surface area contributed by atoms with E-state index in [9.17, 15) is 9.59 Å². The van der Waals surface area contributed by atoms with E-state index in [1.165, 1.54) is 4.90 Å². The number of anilines is 1. The zero-order chi connectivity index (χ0) is 18.3. The number of benzene rings is 1. The van der Waals surface area contributed by atoms with Gasteiger partial charge < -0.3 is 9.80 Å². The van der Waals surface area contributed by atoms with E-state index < -0.39 is 6.04 Å². The number of thiazole rings is 1. The summed E-state index contributed by atoms with van der Waals surface area (Å²) in [5.41, 5.74) is 2.03. The fourth-order valence-electron chi connectivity index (χ4n) is 3.58. The molecule has 1 atom stereocenters. The van der Waals surface area contributed by atoms with E-state index in [1.54, 1.807) is 30.5 Å². The van der Waals surface area contributed by atoms with Crippen molar-refractivity contribution < 1.29 is 9.59 Å². The maximum Gasteiger partial charge on any atom is 0.259 e. The first-order valence-corrected chi connectivity index (χ1v) is 9.51. The van der Waals surface area contributed by atoms with Crippen LogP contribution in [0.15, 0.2) is 42.4 Å². The highest BCUT2D eigenvalue weighted by molar-refractivity contribution is 7.13. The third-order valence-corrected chi connectivity index (χ3v) is 5.84. The Morgan fingerprint density at radius 2 is 1.88 bits per heavy atom. The van der Waals surface area contributed by atoms with Crippen LogP contribution in [0.2, 0.25) is 0 Å². The van der Waals surface area contributed by atoms with Crippen molar-refractivity contribution in [1.29, 1.82) is 0 Å². The van der Waals surface area contributed by atoms with Crippen molar-refractivity contribution >= 4 is 34.0 Å². The second-order valence-electron chi connectivity index (χ2n) is 6.47. The Morgan fingerprint density at radius 1 is 1.19 bits per heavy atom. The van der Waals surface area contributed by atoms with Gasteiger partial charge in [-0.2, -0.15) is 0 Å². The van der Waals surface area contributed by atoms with E-state index in [2.05, 4.69) is 16.5 Å². The summed E-state index contributed by atoms with van der Waals surface area (Å²) < 4.78 is 0. The SMILES string of the molecule is C=C1c2ccccc2C(=O)N1C(C)C(=O)N1CCN(c2nccs2)CC1. The first-order chi connectivity index (χ1) is 12.6. The number of amides is 2. The number of rotatable bonds is 3. The molecule has 2 amide bonds. The van der Waals surface area contributed by atoms with Crippen molar-refractivity contribution in [2.75, 3.05) is 31.1 Å². The highest BCUT2D eigenvalue weighted by Gasteiger charge is 2.38. The number of carbonyl (C=O) groups excluding carboxylic acids is 2. The van der Waals surface area contributed by atoms with Gasteiger partial charge in [0, 0.05) is 54.6 Å². The van der Waals surface area contributed by atoms with Crippen LogP contribution in [0.25, 0.3) is 5.70 Å². The first kappa shape index (κ1) is 16.8. The van der Waals surface area contributed by atoms with Crippen LogP contribution in [-0.4, -0.2) is 58.8 Å². The number of aromatic nitrogens is 1. The van der Waals surface area contributed by atoms with Gasteiger partial charge in [0.05, 0.1) is 0 Å². The van der Waals surface area contributed by atoms with Crippen molar-refractivity contribution in [3.8, 4) is 0 Å². The Hall–Kier alpha value is -2.67. The molecule has 6 nitrogen and oxygen atoms in total. The second kappa shape index (κ2) is 6.57. The number of piperazine rings is 1. The normalized spacial score (nSPS) is 18.3. The maximum atomic E-state index is 13.0. The lowest BCUT2D eigenvalue weighted by Gasteiger charge is -2.37. The molecule has 1 aromatic heterocycles. The van der Waals surface area contributed by atoms with Crippen molar-refractivity contribution in [3.05, 3.63) is 53.5 Å². The molecule has 1 aromatic carbocycles. The van der Waals surface area contributed by atoms with Gasteiger partial charge in [0.1, 0.15) is 6.04 Å². The second-order valence-corrected chi connectivity index (χ2v) is 7.34. The van der Waals surface area contributed by atoms with E-state index in [1.807, 2.05) is 28.5 Å². The molecule has 26 heavy (non-hydrogen) atoms. The van der Waals surface area contributed by atoms with Crippen LogP contribution >= 0.6 is 11.3 Å². The van der Waals surface area contributed by atoms with Crippen LogP contribution in [0.1, 0.15) is 22.8 Å². The first-order valence-electron chi connectivity index (χ1n) is 8.63. The molecular formula is C19H20N4O2S. The molecule has 1 unspecified atom stereocenters. The summed E-state index contributed by atoms with van der Waals surface area (Å²) in [6.07, 6.45) is 1.79. The lowest BCUT2D eigenvalue weighted by molar-refractivity contribution is -0.134. The lowest BCUT2D eigenvalue weighted by atomic mass is 10.1. The van der Waals surface area contributed by atoms with Crippen molar-refractivity contribution in [1.82, 2.24) is 14.8 Å². The standard InChI is InChI=1S/C19H20N4O2S/c1-13-15-5-3-4-6-16(15)18(25)23(13)14(2)17(24)21-8-10-22(11-9-21)19-20-7-12-26-19/h3-7,12,14H,1,8-11H2,2H3. The van der Waals surface area contributed by atoms with Gasteiger partial charge in [0.25, 0.3) is 5.91 Å². The molecule has 0 bridgehead atoms. The third-order valence-electron chi connectivity index (χ3n) is 5.00. The molecule has 2 aliphatic heterocycles. The lowest BCUT2D eigenvalue weighted by Crippen LogP contribution is -2.54. The summed E-state index contributed by atoms with van der Waals surface area (Å²) in [4.78, 5) is 35.6. The molecule has 0 N–H and O–H groups in total. The summed E-state index contributed by atoms with van der Waals surface area (Å²) in [6, 6.07) is 6.81. The van der Waals surface area contributed by atoms with Gasteiger partial charge >= 0.3 is 0 Å². The van der Waals surface area contributed by atoms with Gasteiger partial charge in [-0.1, -0.05) is 24.8 Å². The van der Waals surface area contributed by atoms with Crippen LogP contribution in [0.4, 0.5) is 5.13 Å². The van der Waals surface area contributed by atoms with E-state index in [0.29, 0.717) is 24.4 Å². The topological polar surface area (TPSA) is 56.8 Å². The van der Waals surface area contributed by atoms with Crippen LogP contribution in [-0.2, 0) is 4.79 Å². The summed E-state index contributed by atoms with van der Waals surface area (Å²) >= 11 is 1.61. The van der Waals surface area contributed by atoms with E-state index >= 15 is 0 Å². The maximum absolute atomic E-state index is 13.0. The smallest absolute Gasteiger partial charge is 0.259 e. The summed E-state index contributed by atoms with van der Waals surface area (Å²) in [7, 11) is 0. The molecule has 7 heteroatoms. The fraction of sp³-hybridized carbons (Fsp3) is 0.316. The number of fused-ring (bicyclic) bond motifs is 1. The highest BCUT2D eigenvalue weighted by Crippen LogP contribution is 2.33. The molecule has 2 aliphatic rings. The molecule has 2 aromatic rings. The van der Waals surface area contributed by atoms with E-state index in [-0.39, 0.29) is 11.8 Å². The van der Waals surface area contributed by atoms with Crippen molar-refractivity contribution in [2.45, 2.75) is 13.0 Å². The Morgan fingerprint density at radius 3 is 2.50 bits per heavy atom. The Bertz CT molecular complexity index is 821. The fourth-order valence-corrected chi connectivity index (χ4v) is 4.27. The van der Waals surface area contributed by atoms with Gasteiger partial charge in [-0.3, -0.25) is 14.5 Å². The summed E-state index contributed by atoms with van der Waals surface area (Å²) in [5, 5.41) is 2.95. The Balaban J connectivity index is 1.44. The molecule has 1 saturated heterocycles. The molecule has 134 valence electrons. The predicted molar refractivity (Wildman–Crippen MR) is 102 cm³/mol. The molecule has 3 heterocycles. The summed E-state index contributed by atoms with van der Waals surface area (Å²) in [5.74, 6) is -0.182. The number of carbonyl (C=O) groups is 2. The van der Waals surface area contributed by atoms with Gasteiger partial charge in [0.2, 0.25) is 5.91 Å². The molecule has 0 saturated carbocycles. The molecule has 0 spiro atoms. The van der Waals surface area contributed by atoms with E-state index in [4.69, 9.17) is 0 Å². The third kappa shape index (κ3) is 2.68. The van der Waals surface area contributed by atoms with Crippen molar-refractivity contribution in [2.24, 2.45) is 0 Å². The summed E-state index contributed by atoms with van der Waals surface area (Å²) in [6.45, 7) is 8.58. The minimum absolute atomic E-state index is 0.0360. The van der Waals surface area contributed by atoms with Crippen LogP contribution in [0, 0.1) is 0 Å². The average molecular weight is 368 g/mol. The van der Waals surface area contributed by atoms with Gasteiger partial charge in [-0.15, -0.1) is 11.3 Å². The van der Waals surface area contributed by atoms with Gasteiger partial charge in [-0.05, 0) is 13.0 Å². The highest BCUT2D eigenvalue weighted by atomic mass is 32.1. The number of hydrogen-bond acceptors (Lipinski definition) is 5. The molecular weight excluding hydrogens is 348 g/mol. The molecule has 4 rings (SSSR count). The minimum Gasteiger partial charge on any atom is -0.345 e. The minimum atomic E-state index is -0.561. The Kier molecular flexibility index (Phi) is 4.24. The van der Waals surface area contributed by atoms with Gasteiger partial charge in [-0.25, -0.2) is 4.98 Å². The molecule has 0 aliphatic carbocycles.